The minimum absolute atomic E-state index is 0.145. The molecule has 0 bridgehead atoms. The Kier molecular flexibility index (Phi) is 4.95. The monoisotopic (exact) mass is 313 g/mol. The molecule has 100 valence electrons. The van der Waals surface area contributed by atoms with Crippen LogP contribution in [0.5, 0.6) is 0 Å². The minimum atomic E-state index is -3.70. The first kappa shape index (κ1) is 15.2. The molecular formula is C10H10Cl2FNO3S. The van der Waals surface area contributed by atoms with Crippen LogP contribution < -0.4 is 4.72 Å². The van der Waals surface area contributed by atoms with Gasteiger partial charge in [-0.3, -0.25) is 9.52 Å². The molecule has 0 fully saturated rings. The Bertz CT molecular complexity index is 575. The third-order valence-corrected chi connectivity index (χ3v) is 4.01. The number of carbonyl (C=O) groups is 1. The van der Waals surface area contributed by atoms with Gasteiger partial charge in [0.15, 0.2) is 5.82 Å². The summed E-state index contributed by atoms with van der Waals surface area (Å²) in [6.07, 6.45) is 0.364. The van der Waals surface area contributed by atoms with Gasteiger partial charge in [-0.2, -0.15) is 0 Å². The maximum absolute atomic E-state index is 13.8. The summed E-state index contributed by atoms with van der Waals surface area (Å²) >= 11 is 10.9. The standard InChI is InChI=1S/C10H10Cl2FNO3S/c1-2-5-18(16,17)14-9-7(11)4-3-6(8(9)13)10(12)15/h3-4,14H,2,5H2,1H3. The van der Waals surface area contributed by atoms with E-state index in [-0.39, 0.29) is 10.8 Å². The van der Waals surface area contributed by atoms with E-state index in [1.54, 1.807) is 6.92 Å². The van der Waals surface area contributed by atoms with Gasteiger partial charge in [-0.1, -0.05) is 18.5 Å². The lowest BCUT2D eigenvalue weighted by atomic mass is 10.2. The highest BCUT2D eigenvalue weighted by molar-refractivity contribution is 7.92. The van der Waals surface area contributed by atoms with E-state index in [1.807, 2.05) is 4.72 Å². The quantitative estimate of drug-likeness (QED) is 0.850. The Labute approximate surface area is 114 Å². The summed E-state index contributed by atoms with van der Waals surface area (Å²) in [5, 5.41) is -1.17. The second-order valence-corrected chi connectivity index (χ2v) is 6.07. The molecule has 0 saturated heterocycles. The molecule has 0 saturated carbocycles. The van der Waals surface area contributed by atoms with Crippen LogP contribution in [0.25, 0.3) is 0 Å². The average molecular weight is 314 g/mol. The minimum Gasteiger partial charge on any atom is -0.279 e. The van der Waals surface area contributed by atoms with Crippen LogP contribution in [0.1, 0.15) is 23.7 Å². The van der Waals surface area contributed by atoms with Crippen LogP contribution in [0.4, 0.5) is 10.1 Å². The number of hydrogen-bond acceptors (Lipinski definition) is 3. The van der Waals surface area contributed by atoms with Gasteiger partial charge < -0.3 is 0 Å². The highest BCUT2D eigenvalue weighted by Gasteiger charge is 2.20. The zero-order valence-electron chi connectivity index (χ0n) is 9.34. The zero-order chi connectivity index (χ0) is 13.9. The number of carbonyl (C=O) groups excluding carboxylic acids is 1. The van der Waals surface area contributed by atoms with E-state index in [2.05, 4.69) is 0 Å². The zero-order valence-corrected chi connectivity index (χ0v) is 11.7. The summed E-state index contributed by atoms with van der Waals surface area (Å²) in [5.41, 5.74) is -0.896. The van der Waals surface area contributed by atoms with Gasteiger partial charge in [0, 0.05) is 0 Å². The van der Waals surface area contributed by atoms with Crippen molar-refractivity contribution in [3.05, 3.63) is 28.5 Å². The topological polar surface area (TPSA) is 63.2 Å². The molecule has 0 atom stereocenters. The van der Waals surface area contributed by atoms with Crippen molar-refractivity contribution < 1.29 is 17.6 Å². The molecule has 1 aromatic rings. The van der Waals surface area contributed by atoms with Crippen LogP contribution in [-0.4, -0.2) is 19.4 Å². The number of hydrogen-bond donors (Lipinski definition) is 1. The smallest absolute Gasteiger partial charge is 0.255 e. The van der Waals surface area contributed by atoms with Crippen LogP contribution in [0.15, 0.2) is 12.1 Å². The normalized spacial score (nSPS) is 11.3. The van der Waals surface area contributed by atoms with E-state index >= 15 is 0 Å². The van der Waals surface area contributed by atoms with E-state index in [0.29, 0.717) is 6.42 Å². The van der Waals surface area contributed by atoms with Crippen LogP contribution >= 0.6 is 23.2 Å². The highest BCUT2D eigenvalue weighted by Crippen LogP contribution is 2.29. The molecule has 0 aromatic heterocycles. The maximum Gasteiger partial charge on any atom is 0.255 e. The molecule has 1 N–H and O–H groups in total. The maximum atomic E-state index is 13.8. The van der Waals surface area contributed by atoms with Crippen molar-refractivity contribution in [1.82, 2.24) is 0 Å². The van der Waals surface area contributed by atoms with E-state index in [0.717, 1.165) is 6.07 Å². The van der Waals surface area contributed by atoms with Gasteiger partial charge in [0.05, 0.1) is 16.3 Å². The van der Waals surface area contributed by atoms with Gasteiger partial charge in [-0.25, -0.2) is 12.8 Å². The molecule has 0 radical (unpaired) electrons. The van der Waals surface area contributed by atoms with Crippen molar-refractivity contribution in [2.24, 2.45) is 0 Å². The molecule has 4 nitrogen and oxygen atoms in total. The third-order valence-electron chi connectivity index (χ3n) is 2.03. The van der Waals surface area contributed by atoms with Crippen molar-refractivity contribution in [1.29, 1.82) is 0 Å². The van der Waals surface area contributed by atoms with Gasteiger partial charge in [0.1, 0.15) is 5.69 Å². The molecule has 1 rings (SSSR count). The molecule has 8 heteroatoms. The Morgan fingerprint density at radius 1 is 1.44 bits per heavy atom. The predicted octanol–water partition coefficient (Wildman–Crippen LogP) is 3.01. The number of nitrogens with one attached hydrogen (secondary N) is 1. The first-order valence-corrected chi connectivity index (χ1v) is 7.37. The first-order chi connectivity index (χ1) is 8.28. The number of anilines is 1. The fraction of sp³-hybridized carbons (Fsp3) is 0.300. The molecule has 1 aromatic carbocycles. The summed E-state index contributed by atoms with van der Waals surface area (Å²) in [7, 11) is -3.70. The van der Waals surface area contributed by atoms with Crippen molar-refractivity contribution in [2.45, 2.75) is 13.3 Å². The van der Waals surface area contributed by atoms with Crippen LogP contribution in [0, 0.1) is 5.82 Å². The van der Waals surface area contributed by atoms with Crippen LogP contribution in [0.2, 0.25) is 5.02 Å². The summed E-state index contributed by atoms with van der Waals surface area (Å²) < 4.78 is 38.9. The summed E-state index contributed by atoms with van der Waals surface area (Å²) in [6.45, 7) is 1.66. The SMILES string of the molecule is CCCS(=O)(=O)Nc1c(Cl)ccc(C(=O)Cl)c1F. The first-order valence-electron chi connectivity index (χ1n) is 4.96. The molecule has 0 aliphatic carbocycles. The second-order valence-electron chi connectivity index (χ2n) is 3.48. The fourth-order valence-electron chi connectivity index (χ4n) is 1.27. The van der Waals surface area contributed by atoms with E-state index < -0.39 is 32.3 Å². The van der Waals surface area contributed by atoms with E-state index in [4.69, 9.17) is 23.2 Å². The summed E-state index contributed by atoms with van der Waals surface area (Å²) in [4.78, 5) is 10.9. The van der Waals surface area contributed by atoms with Gasteiger partial charge in [-0.05, 0) is 30.2 Å². The lowest BCUT2D eigenvalue weighted by Gasteiger charge is -2.11. The second kappa shape index (κ2) is 5.86. The molecule has 0 unspecified atom stereocenters. The average Bonchev–Trinajstić information content (AvgIpc) is 2.23. The lowest BCUT2D eigenvalue weighted by molar-refractivity contribution is 0.107. The lowest BCUT2D eigenvalue weighted by Crippen LogP contribution is -2.18. The number of benzene rings is 1. The Balaban J connectivity index is 3.24. The molecule has 0 aliphatic heterocycles. The molecule has 0 spiro atoms. The molecule has 0 heterocycles. The number of sulfonamides is 1. The highest BCUT2D eigenvalue weighted by atomic mass is 35.5. The molecule has 0 amide bonds. The van der Waals surface area contributed by atoms with Crippen molar-refractivity contribution >= 4 is 44.2 Å². The predicted molar refractivity (Wildman–Crippen MR) is 69.3 cm³/mol. The van der Waals surface area contributed by atoms with Gasteiger partial charge in [-0.15, -0.1) is 0 Å². The van der Waals surface area contributed by atoms with Crippen molar-refractivity contribution in [3.63, 3.8) is 0 Å². The number of rotatable bonds is 5. The molecular weight excluding hydrogens is 304 g/mol. The van der Waals surface area contributed by atoms with Crippen molar-refractivity contribution in [2.75, 3.05) is 10.5 Å². The van der Waals surface area contributed by atoms with E-state index in [1.165, 1.54) is 6.07 Å². The Morgan fingerprint density at radius 2 is 2.06 bits per heavy atom. The Morgan fingerprint density at radius 3 is 2.56 bits per heavy atom. The van der Waals surface area contributed by atoms with E-state index in [9.17, 15) is 17.6 Å². The third kappa shape index (κ3) is 3.57. The molecule has 0 aliphatic rings. The fourth-order valence-corrected chi connectivity index (χ4v) is 2.82. The Hall–Kier alpha value is -0.850. The van der Waals surface area contributed by atoms with Crippen LogP contribution in [0.3, 0.4) is 0 Å². The largest absolute Gasteiger partial charge is 0.279 e. The summed E-state index contributed by atoms with van der Waals surface area (Å²) in [6, 6.07) is 2.29. The number of halogens is 3. The van der Waals surface area contributed by atoms with Gasteiger partial charge in [0.2, 0.25) is 10.0 Å². The summed E-state index contributed by atoms with van der Waals surface area (Å²) in [5.74, 6) is -1.26. The van der Waals surface area contributed by atoms with Gasteiger partial charge >= 0.3 is 0 Å². The van der Waals surface area contributed by atoms with Crippen LogP contribution in [-0.2, 0) is 10.0 Å². The van der Waals surface area contributed by atoms with Crippen molar-refractivity contribution in [3.8, 4) is 0 Å². The molecule has 18 heavy (non-hydrogen) atoms. The van der Waals surface area contributed by atoms with Gasteiger partial charge in [0.25, 0.3) is 5.24 Å².